The van der Waals surface area contributed by atoms with Crippen molar-refractivity contribution in [3.05, 3.63) is 29.0 Å². The topological polar surface area (TPSA) is 58.2 Å². The molecule has 0 aliphatic rings. The summed E-state index contributed by atoms with van der Waals surface area (Å²) >= 11 is 6.07. The van der Waals surface area contributed by atoms with Crippen LogP contribution < -0.4 is 0 Å². The van der Waals surface area contributed by atoms with E-state index in [0.717, 1.165) is 5.52 Å². The molecule has 0 aliphatic carbocycles. The number of hydrogen-bond donors (Lipinski definition) is 1. The third-order valence-electron chi connectivity index (χ3n) is 2.60. The molecular formula is C14H18ClN3O2. The Labute approximate surface area is 122 Å². The molecule has 5 nitrogen and oxygen atoms in total. The lowest BCUT2D eigenvalue weighted by Crippen LogP contribution is -2.34. The summed E-state index contributed by atoms with van der Waals surface area (Å²) < 4.78 is 5.29. The van der Waals surface area contributed by atoms with Crippen LogP contribution in [0.2, 0.25) is 5.02 Å². The number of carbonyl (C=O) groups is 1. The lowest BCUT2D eigenvalue weighted by molar-refractivity contribution is 0.0281. The molecule has 1 aromatic heterocycles. The standard InChI is InChI=1S/C14H18ClN3O2/c1-14(2,3)20-13(19)18(4)8-11-16-10-7-5-6-9(15)12(10)17-11/h5-7H,8H2,1-4H3,(H,16,17). The summed E-state index contributed by atoms with van der Waals surface area (Å²) in [4.78, 5) is 20.9. The van der Waals surface area contributed by atoms with E-state index in [1.807, 2.05) is 32.9 Å². The molecule has 108 valence electrons. The maximum atomic E-state index is 11.9. The molecule has 1 heterocycles. The SMILES string of the molecule is CN(Cc1nc2c(Cl)cccc2[nH]1)C(=O)OC(C)(C)C. The fourth-order valence-electron chi connectivity index (χ4n) is 1.75. The number of benzene rings is 1. The van der Waals surface area contributed by atoms with Gasteiger partial charge in [0.1, 0.15) is 16.9 Å². The van der Waals surface area contributed by atoms with Crippen LogP contribution >= 0.6 is 11.6 Å². The number of aromatic amines is 1. The van der Waals surface area contributed by atoms with Crippen LogP contribution in [-0.2, 0) is 11.3 Å². The summed E-state index contributed by atoms with van der Waals surface area (Å²) in [6.07, 6.45) is -0.385. The number of rotatable bonds is 2. The minimum Gasteiger partial charge on any atom is -0.444 e. The van der Waals surface area contributed by atoms with Gasteiger partial charge < -0.3 is 14.6 Å². The van der Waals surface area contributed by atoms with E-state index in [1.165, 1.54) is 4.90 Å². The zero-order chi connectivity index (χ0) is 14.9. The molecule has 1 N–H and O–H groups in total. The monoisotopic (exact) mass is 295 g/mol. The third kappa shape index (κ3) is 3.42. The van der Waals surface area contributed by atoms with Crippen LogP contribution in [0.15, 0.2) is 18.2 Å². The molecule has 2 rings (SSSR count). The Morgan fingerprint density at radius 1 is 1.45 bits per heavy atom. The zero-order valence-electron chi connectivity index (χ0n) is 12.0. The van der Waals surface area contributed by atoms with Gasteiger partial charge in [-0.3, -0.25) is 0 Å². The van der Waals surface area contributed by atoms with Crippen LogP contribution in [0.3, 0.4) is 0 Å². The summed E-state index contributed by atoms with van der Waals surface area (Å²) in [5.74, 6) is 0.668. The van der Waals surface area contributed by atoms with Crippen molar-refractivity contribution in [3.8, 4) is 0 Å². The van der Waals surface area contributed by atoms with Crippen LogP contribution in [0.25, 0.3) is 11.0 Å². The van der Waals surface area contributed by atoms with Crippen molar-refractivity contribution in [3.63, 3.8) is 0 Å². The number of imidazole rings is 1. The second-order valence-corrected chi connectivity index (χ2v) is 6.06. The Balaban J connectivity index is 2.12. The predicted octanol–water partition coefficient (Wildman–Crippen LogP) is 3.58. The highest BCUT2D eigenvalue weighted by Gasteiger charge is 2.20. The number of amides is 1. The van der Waals surface area contributed by atoms with Gasteiger partial charge in [0.25, 0.3) is 0 Å². The highest BCUT2D eigenvalue weighted by atomic mass is 35.5. The van der Waals surface area contributed by atoms with E-state index < -0.39 is 5.60 Å². The summed E-state index contributed by atoms with van der Waals surface area (Å²) in [5.41, 5.74) is 1.05. The van der Waals surface area contributed by atoms with E-state index in [-0.39, 0.29) is 6.09 Å². The molecule has 1 aromatic carbocycles. The average Bonchev–Trinajstić information content (AvgIpc) is 2.70. The first-order valence-electron chi connectivity index (χ1n) is 6.33. The number of nitrogens with one attached hydrogen (secondary N) is 1. The quantitative estimate of drug-likeness (QED) is 0.921. The van der Waals surface area contributed by atoms with E-state index in [0.29, 0.717) is 22.9 Å². The third-order valence-corrected chi connectivity index (χ3v) is 2.91. The van der Waals surface area contributed by atoms with Gasteiger partial charge in [0.05, 0.1) is 17.1 Å². The molecule has 20 heavy (non-hydrogen) atoms. The van der Waals surface area contributed by atoms with Gasteiger partial charge in [-0.15, -0.1) is 0 Å². The van der Waals surface area contributed by atoms with Gasteiger partial charge in [-0.1, -0.05) is 17.7 Å². The summed E-state index contributed by atoms with van der Waals surface area (Å²) in [6, 6.07) is 5.53. The Bertz CT molecular complexity index is 631. The zero-order valence-corrected chi connectivity index (χ0v) is 12.8. The number of carbonyl (C=O) groups excluding carboxylic acids is 1. The van der Waals surface area contributed by atoms with Gasteiger partial charge >= 0.3 is 6.09 Å². The van der Waals surface area contributed by atoms with Crippen molar-refractivity contribution in [1.82, 2.24) is 14.9 Å². The first kappa shape index (κ1) is 14.7. The van der Waals surface area contributed by atoms with Crippen LogP contribution in [0.4, 0.5) is 4.79 Å². The Morgan fingerprint density at radius 2 is 2.15 bits per heavy atom. The second-order valence-electron chi connectivity index (χ2n) is 5.66. The molecule has 0 aliphatic heterocycles. The van der Waals surface area contributed by atoms with Gasteiger partial charge in [0, 0.05) is 7.05 Å². The Hall–Kier alpha value is -1.75. The van der Waals surface area contributed by atoms with E-state index >= 15 is 0 Å². The fourth-order valence-corrected chi connectivity index (χ4v) is 1.97. The number of ether oxygens (including phenoxy) is 1. The molecule has 1 amide bonds. The molecule has 0 bridgehead atoms. The molecular weight excluding hydrogens is 278 g/mol. The summed E-state index contributed by atoms with van der Waals surface area (Å²) in [6.45, 7) is 5.83. The molecule has 0 atom stereocenters. The lowest BCUT2D eigenvalue weighted by Gasteiger charge is -2.24. The molecule has 0 saturated heterocycles. The van der Waals surface area contributed by atoms with Crippen LogP contribution in [0.5, 0.6) is 0 Å². The predicted molar refractivity (Wildman–Crippen MR) is 78.8 cm³/mol. The van der Waals surface area contributed by atoms with E-state index in [2.05, 4.69) is 9.97 Å². The van der Waals surface area contributed by atoms with Crippen LogP contribution in [-0.4, -0.2) is 33.6 Å². The first-order chi connectivity index (χ1) is 9.26. The number of H-pyrrole nitrogens is 1. The number of hydrogen-bond acceptors (Lipinski definition) is 3. The molecule has 2 aromatic rings. The maximum absolute atomic E-state index is 11.9. The van der Waals surface area contributed by atoms with Gasteiger partial charge in [0.15, 0.2) is 0 Å². The maximum Gasteiger partial charge on any atom is 0.410 e. The van der Waals surface area contributed by atoms with Crippen molar-refractivity contribution in [1.29, 1.82) is 0 Å². The van der Waals surface area contributed by atoms with E-state index in [4.69, 9.17) is 16.3 Å². The fraction of sp³-hybridized carbons (Fsp3) is 0.429. The van der Waals surface area contributed by atoms with Gasteiger partial charge in [-0.25, -0.2) is 9.78 Å². The van der Waals surface area contributed by atoms with Crippen molar-refractivity contribution in [2.24, 2.45) is 0 Å². The highest BCUT2D eigenvalue weighted by molar-refractivity contribution is 6.34. The van der Waals surface area contributed by atoms with Gasteiger partial charge in [0.2, 0.25) is 0 Å². The highest BCUT2D eigenvalue weighted by Crippen LogP contribution is 2.21. The molecule has 6 heteroatoms. The van der Waals surface area contributed by atoms with E-state index in [1.54, 1.807) is 13.1 Å². The van der Waals surface area contributed by atoms with Gasteiger partial charge in [-0.2, -0.15) is 0 Å². The molecule has 0 radical (unpaired) electrons. The molecule has 0 unspecified atom stereocenters. The largest absolute Gasteiger partial charge is 0.444 e. The smallest absolute Gasteiger partial charge is 0.410 e. The number of fused-ring (bicyclic) bond motifs is 1. The molecule has 0 spiro atoms. The number of para-hydroxylation sites is 1. The van der Waals surface area contributed by atoms with Gasteiger partial charge in [-0.05, 0) is 32.9 Å². The summed E-state index contributed by atoms with van der Waals surface area (Å²) in [7, 11) is 1.67. The van der Waals surface area contributed by atoms with Crippen LogP contribution in [0.1, 0.15) is 26.6 Å². The van der Waals surface area contributed by atoms with Crippen molar-refractivity contribution >= 4 is 28.7 Å². The Kier molecular flexibility index (Phi) is 3.90. The number of aromatic nitrogens is 2. The summed E-state index contributed by atoms with van der Waals surface area (Å²) in [5, 5.41) is 0.588. The normalized spacial score (nSPS) is 11.7. The van der Waals surface area contributed by atoms with Crippen molar-refractivity contribution in [2.75, 3.05) is 7.05 Å². The average molecular weight is 296 g/mol. The Morgan fingerprint density at radius 3 is 2.75 bits per heavy atom. The molecule has 0 saturated carbocycles. The number of nitrogens with zero attached hydrogens (tertiary/aromatic N) is 2. The van der Waals surface area contributed by atoms with Crippen molar-refractivity contribution < 1.29 is 9.53 Å². The minimum absolute atomic E-state index is 0.333. The van der Waals surface area contributed by atoms with E-state index in [9.17, 15) is 4.79 Å². The lowest BCUT2D eigenvalue weighted by atomic mass is 10.2. The number of halogens is 1. The second kappa shape index (κ2) is 5.32. The molecule has 0 fully saturated rings. The minimum atomic E-state index is -0.511. The van der Waals surface area contributed by atoms with Crippen LogP contribution in [0, 0.1) is 0 Å². The first-order valence-corrected chi connectivity index (χ1v) is 6.71. The van der Waals surface area contributed by atoms with Crippen molar-refractivity contribution in [2.45, 2.75) is 32.9 Å².